The van der Waals surface area contributed by atoms with Crippen molar-refractivity contribution in [1.29, 1.82) is 0 Å². The summed E-state index contributed by atoms with van der Waals surface area (Å²) in [5.74, 6) is 0.774. The van der Waals surface area contributed by atoms with E-state index >= 15 is 0 Å². The molecule has 15 heavy (non-hydrogen) atoms. The maximum Gasteiger partial charge on any atom is 0.137 e. The Morgan fingerprint density at radius 2 is 2.27 bits per heavy atom. The van der Waals surface area contributed by atoms with Gasteiger partial charge in [-0.05, 0) is 50.7 Å². The first kappa shape index (κ1) is 11.1. The third-order valence-electron chi connectivity index (χ3n) is 1.99. The van der Waals surface area contributed by atoms with E-state index in [1.165, 1.54) is 0 Å². The van der Waals surface area contributed by atoms with Gasteiger partial charge < -0.3 is 10.1 Å². The number of hydrogen-bond donors (Lipinski definition) is 2. The maximum atomic E-state index is 8.91. The third kappa shape index (κ3) is 2.40. The zero-order valence-electron chi connectivity index (χ0n) is 7.67. The predicted octanol–water partition coefficient (Wildman–Crippen LogP) is 2.94. The highest BCUT2D eigenvalue weighted by molar-refractivity contribution is 14.1. The first-order chi connectivity index (χ1) is 7.20. The van der Waals surface area contributed by atoms with Crippen molar-refractivity contribution in [3.8, 4) is 11.4 Å². The maximum absolute atomic E-state index is 8.91. The number of aromatic nitrogens is 2. The van der Waals surface area contributed by atoms with Gasteiger partial charge in [0.25, 0.3) is 0 Å². The molecule has 2 rings (SSSR count). The SMILES string of the molecule is OCc1cnc(-c2ccc(I)c(Br)c2)[nH]1. The number of aliphatic hydroxyl groups excluding tert-OH is 1. The van der Waals surface area contributed by atoms with Crippen LogP contribution < -0.4 is 0 Å². The number of nitrogens with one attached hydrogen (secondary N) is 1. The molecule has 0 aliphatic rings. The number of H-pyrrole nitrogens is 1. The minimum absolute atomic E-state index is 0.0153. The number of rotatable bonds is 2. The van der Waals surface area contributed by atoms with Gasteiger partial charge in [0.15, 0.2) is 0 Å². The second kappa shape index (κ2) is 4.63. The van der Waals surface area contributed by atoms with Gasteiger partial charge in [0.1, 0.15) is 5.82 Å². The quantitative estimate of drug-likeness (QED) is 0.789. The summed E-state index contributed by atoms with van der Waals surface area (Å²) in [6, 6.07) is 6.01. The van der Waals surface area contributed by atoms with Crippen LogP contribution in [0.5, 0.6) is 0 Å². The first-order valence-electron chi connectivity index (χ1n) is 4.31. The van der Waals surface area contributed by atoms with Crippen LogP contribution in [-0.2, 0) is 6.61 Å². The summed E-state index contributed by atoms with van der Waals surface area (Å²) in [6.07, 6.45) is 1.64. The number of imidazole rings is 1. The van der Waals surface area contributed by atoms with Crippen LogP contribution in [0.15, 0.2) is 28.9 Å². The van der Waals surface area contributed by atoms with E-state index < -0.39 is 0 Å². The minimum Gasteiger partial charge on any atom is -0.390 e. The van der Waals surface area contributed by atoms with Crippen molar-refractivity contribution in [2.45, 2.75) is 6.61 Å². The Morgan fingerprint density at radius 3 is 2.87 bits per heavy atom. The molecule has 0 bridgehead atoms. The van der Waals surface area contributed by atoms with Gasteiger partial charge >= 0.3 is 0 Å². The molecule has 2 aromatic rings. The molecule has 78 valence electrons. The van der Waals surface area contributed by atoms with Gasteiger partial charge in [-0.15, -0.1) is 0 Å². The summed E-state index contributed by atoms with van der Waals surface area (Å²) < 4.78 is 2.20. The monoisotopic (exact) mass is 378 g/mol. The van der Waals surface area contributed by atoms with Crippen molar-refractivity contribution in [3.63, 3.8) is 0 Å². The molecule has 0 aliphatic carbocycles. The zero-order valence-corrected chi connectivity index (χ0v) is 11.4. The topological polar surface area (TPSA) is 48.9 Å². The lowest BCUT2D eigenvalue weighted by Crippen LogP contribution is -1.84. The van der Waals surface area contributed by atoms with Gasteiger partial charge in [-0.2, -0.15) is 0 Å². The summed E-state index contributed by atoms with van der Waals surface area (Å²) in [7, 11) is 0. The molecular weight excluding hydrogens is 371 g/mol. The number of aromatic amines is 1. The fourth-order valence-electron chi connectivity index (χ4n) is 1.23. The zero-order chi connectivity index (χ0) is 10.8. The van der Waals surface area contributed by atoms with E-state index in [4.69, 9.17) is 5.11 Å². The molecule has 0 atom stereocenters. The molecule has 0 spiro atoms. The Morgan fingerprint density at radius 1 is 1.47 bits per heavy atom. The molecule has 2 N–H and O–H groups in total. The van der Waals surface area contributed by atoms with Crippen molar-refractivity contribution in [2.75, 3.05) is 0 Å². The number of benzene rings is 1. The smallest absolute Gasteiger partial charge is 0.137 e. The number of nitrogens with zero attached hydrogens (tertiary/aromatic N) is 1. The van der Waals surface area contributed by atoms with Crippen LogP contribution in [0.3, 0.4) is 0 Å². The van der Waals surface area contributed by atoms with Crippen LogP contribution in [-0.4, -0.2) is 15.1 Å². The highest BCUT2D eigenvalue weighted by Crippen LogP contribution is 2.25. The van der Waals surface area contributed by atoms with Crippen LogP contribution in [0.1, 0.15) is 5.69 Å². The van der Waals surface area contributed by atoms with Crippen LogP contribution in [0.25, 0.3) is 11.4 Å². The molecule has 1 aromatic heterocycles. The van der Waals surface area contributed by atoms with Crippen LogP contribution >= 0.6 is 38.5 Å². The second-order valence-corrected chi connectivity index (χ2v) is 5.06. The highest BCUT2D eigenvalue weighted by atomic mass is 127. The summed E-state index contributed by atoms with van der Waals surface area (Å²) in [5, 5.41) is 8.91. The van der Waals surface area contributed by atoms with Gasteiger partial charge in [0.05, 0.1) is 18.5 Å². The molecule has 0 saturated heterocycles. The Labute approximate surface area is 109 Å². The van der Waals surface area contributed by atoms with E-state index in [1.807, 2.05) is 18.2 Å². The molecule has 0 radical (unpaired) electrons. The molecule has 0 unspecified atom stereocenters. The van der Waals surface area contributed by atoms with Crippen molar-refractivity contribution in [2.24, 2.45) is 0 Å². The molecule has 5 heteroatoms. The van der Waals surface area contributed by atoms with Crippen molar-refractivity contribution >= 4 is 38.5 Å². The molecule has 3 nitrogen and oxygen atoms in total. The normalized spacial score (nSPS) is 10.6. The van der Waals surface area contributed by atoms with Gasteiger partial charge in [0.2, 0.25) is 0 Å². The Bertz CT molecular complexity index is 484. The number of halogens is 2. The molecule has 0 amide bonds. The van der Waals surface area contributed by atoms with E-state index in [0.717, 1.165) is 25.1 Å². The Balaban J connectivity index is 2.40. The molecule has 1 heterocycles. The van der Waals surface area contributed by atoms with E-state index in [9.17, 15) is 0 Å². The van der Waals surface area contributed by atoms with Crippen LogP contribution in [0.4, 0.5) is 0 Å². The van der Waals surface area contributed by atoms with Gasteiger partial charge in [-0.3, -0.25) is 0 Å². The molecule has 0 aliphatic heterocycles. The van der Waals surface area contributed by atoms with E-state index in [1.54, 1.807) is 6.20 Å². The summed E-state index contributed by atoms with van der Waals surface area (Å²) in [4.78, 5) is 7.23. The van der Waals surface area contributed by atoms with Crippen molar-refractivity contribution in [3.05, 3.63) is 38.1 Å². The van der Waals surface area contributed by atoms with E-state index in [2.05, 4.69) is 48.5 Å². The summed E-state index contributed by atoms with van der Waals surface area (Å²) in [5.41, 5.74) is 1.72. The van der Waals surface area contributed by atoms with Gasteiger partial charge in [-0.1, -0.05) is 6.07 Å². The van der Waals surface area contributed by atoms with E-state index in [0.29, 0.717) is 0 Å². The predicted molar refractivity (Wildman–Crippen MR) is 70.4 cm³/mol. The minimum atomic E-state index is -0.0153. The average molecular weight is 379 g/mol. The second-order valence-electron chi connectivity index (χ2n) is 3.04. The number of hydrogen-bond acceptors (Lipinski definition) is 2. The largest absolute Gasteiger partial charge is 0.390 e. The first-order valence-corrected chi connectivity index (χ1v) is 6.18. The number of aliphatic hydroxyl groups is 1. The van der Waals surface area contributed by atoms with Gasteiger partial charge in [-0.25, -0.2) is 4.98 Å². The Kier molecular flexibility index (Phi) is 3.42. The van der Waals surface area contributed by atoms with Crippen LogP contribution in [0.2, 0.25) is 0 Å². The molecule has 1 aromatic carbocycles. The molecular formula is C10H8BrIN2O. The fourth-order valence-corrected chi connectivity index (χ4v) is 1.94. The molecule has 0 fully saturated rings. The van der Waals surface area contributed by atoms with E-state index in [-0.39, 0.29) is 6.61 Å². The van der Waals surface area contributed by atoms with Crippen LogP contribution in [0, 0.1) is 3.57 Å². The van der Waals surface area contributed by atoms with Gasteiger partial charge in [0, 0.05) is 13.6 Å². The fraction of sp³-hybridized carbons (Fsp3) is 0.100. The lowest BCUT2D eigenvalue weighted by Gasteiger charge is -2.00. The molecule has 0 saturated carbocycles. The standard InChI is InChI=1S/C10H8BrIN2O/c11-8-3-6(1-2-9(8)12)10-13-4-7(5-15)14-10/h1-4,15H,5H2,(H,13,14). The van der Waals surface area contributed by atoms with Crippen molar-refractivity contribution < 1.29 is 5.11 Å². The summed E-state index contributed by atoms with van der Waals surface area (Å²) >= 11 is 5.72. The lowest BCUT2D eigenvalue weighted by molar-refractivity contribution is 0.277. The average Bonchev–Trinajstić information content (AvgIpc) is 2.70. The highest BCUT2D eigenvalue weighted by Gasteiger charge is 2.04. The Hall–Kier alpha value is -0.400. The summed E-state index contributed by atoms with van der Waals surface area (Å²) in [6.45, 7) is -0.0153. The van der Waals surface area contributed by atoms with Crippen molar-refractivity contribution in [1.82, 2.24) is 9.97 Å². The third-order valence-corrected chi connectivity index (χ3v) is 4.33. The lowest BCUT2D eigenvalue weighted by atomic mass is 10.2.